The molecule has 11 nitrogen and oxygen atoms in total. The number of amides is 2. The summed E-state index contributed by atoms with van der Waals surface area (Å²) in [6.07, 6.45) is 11.2. The van der Waals surface area contributed by atoms with Gasteiger partial charge in [0.05, 0.1) is 25.3 Å². The van der Waals surface area contributed by atoms with Gasteiger partial charge in [0.2, 0.25) is 5.91 Å². The number of ether oxygens (including phenoxy) is 2. The summed E-state index contributed by atoms with van der Waals surface area (Å²) in [5, 5.41) is 13.1. The first-order valence-electron chi connectivity index (χ1n) is 18.1. The second kappa shape index (κ2) is 15.8. The molecule has 2 amide bonds. The molecule has 6 rings (SSSR count). The van der Waals surface area contributed by atoms with Crippen molar-refractivity contribution in [2.24, 2.45) is 11.8 Å². The number of fused-ring (bicyclic) bond motifs is 4. The molecule has 1 aliphatic heterocycles. The average molecular weight is 765 g/mol. The van der Waals surface area contributed by atoms with Crippen LogP contribution >= 0.6 is 11.6 Å². The quantitative estimate of drug-likeness (QED) is 0.304. The smallest absolute Gasteiger partial charge is 0.270 e. The standard InChI is InChI=1S/C40H49ClN4O7S/c1-39(18-7-9-27-21-30(41)14-16-33(27)39)26-45-25-28-12-15-32(28)35(51-3)11-5-6-20-44(2)37(46)23-40(48,29-13-17-36(52-4)34(45)22-29)38(47)43-53(49,50)31-10-8-19-42-24-31/h5,8,10-11,13-14,16-17,19,21-22,24,28,32,35,48H,6-7,9,12,15,18,20,23,25-26H2,1-4H3,(H,43,47)/b11-5+/t28-,32+,35-,39-,40+/m0/s1. The van der Waals surface area contributed by atoms with E-state index >= 15 is 0 Å². The summed E-state index contributed by atoms with van der Waals surface area (Å²) in [6, 6.07) is 13.7. The first-order valence-corrected chi connectivity index (χ1v) is 20.0. The molecule has 2 aromatic carbocycles. The van der Waals surface area contributed by atoms with Crippen molar-refractivity contribution in [2.75, 3.05) is 45.8 Å². The molecule has 1 saturated carbocycles. The van der Waals surface area contributed by atoms with E-state index in [1.54, 1.807) is 33.4 Å². The first kappa shape index (κ1) is 38.7. The highest BCUT2D eigenvalue weighted by Crippen LogP contribution is 2.45. The Hall–Kier alpha value is -3.97. The van der Waals surface area contributed by atoms with Crippen molar-refractivity contribution in [2.45, 2.75) is 73.9 Å². The van der Waals surface area contributed by atoms with Crippen molar-refractivity contribution >= 4 is 39.1 Å². The fourth-order valence-corrected chi connectivity index (χ4v) is 9.37. The molecule has 1 fully saturated rings. The third-order valence-electron chi connectivity index (χ3n) is 11.4. The molecule has 284 valence electrons. The Balaban J connectivity index is 1.48. The van der Waals surface area contributed by atoms with E-state index in [2.05, 4.69) is 29.0 Å². The zero-order valence-corrected chi connectivity index (χ0v) is 32.3. The number of anilines is 1. The number of aromatic nitrogens is 1. The lowest BCUT2D eigenvalue weighted by atomic mass is 9.68. The van der Waals surface area contributed by atoms with Gasteiger partial charge in [-0.05, 0) is 103 Å². The molecule has 3 aliphatic rings. The number of sulfonamides is 1. The molecule has 0 radical (unpaired) electrons. The summed E-state index contributed by atoms with van der Waals surface area (Å²) in [7, 11) is 0.442. The highest BCUT2D eigenvalue weighted by Gasteiger charge is 2.45. The number of benzene rings is 2. The number of pyridine rings is 1. The zero-order chi connectivity index (χ0) is 38.0. The fraction of sp³-hybridized carbons (Fsp3) is 0.475. The highest BCUT2D eigenvalue weighted by atomic mass is 35.5. The number of hydrogen-bond donors (Lipinski definition) is 2. The van der Waals surface area contributed by atoms with E-state index in [1.807, 2.05) is 22.9 Å². The Morgan fingerprint density at radius 1 is 1.15 bits per heavy atom. The number of carbonyl (C=O) groups is 2. The number of halogens is 1. The van der Waals surface area contributed by atoms with Gasteiger partial charge in [-0.3, -0.25) is 14.6 Å². The van der Waals surface area contributed by atoms with Gasteiger partial charge in [-0.1, -0.05) is 42.8 Å². The number of rotatable bonds is 7. The minimum Gasteiger partial charge on any atom is -0.495 e. The monoisotopic (exact) mass is 764 g/mol. The van der Waals surface area contributed by atoms with Crippen molar-refractivity contribution in [1.82, 2.24) is 14.6 Å². The lowest BCUT2D eigenvalue weighted by molar-refractivity contribution is -0.148. The van der Waals surface area contributed by atoms with Crippen molar-refractivity contribution in [1.29, 1.82) is 0 Å². The Kier molecular flexibility index (Phi) is 11.5. The summed E-state index contributed by atoms with van der Waals surface area (Å²) >= 11 is 6.44. The van der Waals surface area contributed by atoms with Gasteiger partial charge in [0.1, 0.15) is 10.6 Å². The molecule has 0 spiro atoms. The Morgan fingerprint density at radius 2 is 1.96 bits per heavy atom. The van der Waals surface area contributed by atoms with E-state index in [9.17, 15) is 23.1 Å². The number of carbonyl (C=O) groups excluding carboxylic acids is 2. The lowest BCUT2D eigenvalue weighted by Gasteiger charge is -2.47. The molecule has 13 heteroatoms. The van der Waals surface area contributed by atoms with E-state index in [-0.39, 0.29) is 33.8 Å². The van der Waals surface area contributed by atoms with Gasteiger partial charge in [-0.2, -0.15) is 0 Å². The van der Waals surface area contributed by atoms with Crippen molar-refractivity contribution in [3.8, 4) is 5.75 Å². The van der Waals surface area contributed by atoms with Crippen molar-refractivity contribution in [3.63, 3.8) is 0 Å². The Labute approximate surface area is 317 Å². The zero-order valence-electron chi connectivity index (χ0n) is 30.8. The van der Waals surface area contributed by atoms with Crippen LogP contribution < -0.4 is 14.4 Å². The van der Waals surface area contributed by atoms with Crippen LogP contribution in [-0.2, 0) is 41.8 Å². The summed E-state index contributed by atoms with van der Waals surface area (Å²) in [5.74, 6) is -0.759. The van der Waals surface area contributed by atoms with Crippen molar-refractivity contribution < 1.29 is 32.6 Å². The second-order valence-corrected chi connectivity index (χ2v) is 17.0. The SMILES string of the molecule is COc1ccc2cc1N(C[C@]1(C)CCCc3cc(Cl)ccc31)C[C@@H]1CC[C@H]1[C@@H](OC)/C=C/CCN(C)C(=O)C[C@]2(O)C(=O)NS(=O)(=O)c1cccnc1. The number of nitrogens with zero attached hydrogens (tertiary/aromatic N) is 3. The third-order valence-corrected chi connectivity index (χ3v) is 12.9. The Morgan fingerprint density at radius 3 is 2.66 bits per heavy atom. The van der Waals surface area contributed by atoms with Gasteiger partial charge < -0.3 is 24.4 Å². The summed E-state index contributed by atoms with van der Waals surface area (Å²) in [5.41, 5.74) is 0.269. The largest absolute Gasteiger partial charge is 0.495 e. The van der Waals surface area contributed by atoms with Crippen LogP contribution in [0.1, 0.15) is 62.1 Å². The predicted octanol–water partition coefficient (Wildman–Crippen LogP) is 5.39. The van der Waals surface area contributed by atoms with Crippen LogP contribution in [0, 0.1) is 11.8 Å². The highest BCUT2D eigenvalue weighted by molar-refractivity contribution is 7.90. The number of nitrogens with one attached hydrogen (secondary N) is 1. The van der Waals surface area contributed by atoms with Gasteiger partial charge in [-0.25, -0.2) is 13.1 Å². The summed E-state index contributed by atoms with van der Waals surface area (Å²) in [6.45, 7) is 3.80. The molecular weight excluding hydrogens is 716 g/mol. The van der Waals surface area contributed by atoms with E-state index < -0.39 is 33.9 Å². The number of methoxy groups -OCH3 is 2. The topological polar surface area (TPSA) is 138 Å². The molecule has 3 aromatic rings. The van der Waals surface area contributed by atoms with Gasteiger partial charge in [0.25, 0.3) is 15.9 Å². The number of hydrogen-bond acceptors (Lipinski definition) is 9. The maximum Gasteiger partial charge on any atom is 0.270 e. The van der Waals surface area contributed by atoms with E-state index in [1.165, 1.54) is 40.4 Å². The minimum absolute atomic E-state index is 0.0619. The lowest BCUT2D eigenvalue weighted by Crippen LogP contribution is -2.50. The maximum atomic E-state index is 14.1. The minimum atomic E-state index is -4.45. The van der Waals surface area contributed by atoms with Crippen molar-refractivity contribution in [3.05, 3.63) is 94.8 Å². The molecular formula is C40H49ClN4O7S. The van der Waals surface area contributed by atoms with Gasteiger partial charge in [0.15, 0.2) is 5.60 Å². The van der Waals surface area contributed by atoms with E-state index in [0.717, 1.165) is 38.3 Å². The van der Waals surface area contributed by atoms with E-state index in [4.69, 9.17) is 21.1 Å². The van der Waals surface area contributed by atoms with Crippen LogP contribution in [0.15, 0.2) is 78.0 Å². The molecule has 0 unspecified atom stereocenters. The molecule has 53 heavy (non-hydrogen) atoms. The van der Waals surface area contributed by atoms with Crippen LogP contribution in [0.25, 0.3) is 0 Å². The van der Waals surface area contributed by atoms with Crippen LogP contribution in [0.3, 0.4) is 0 Å². The second-order valence-electron chi connectivity index (χ2n) is 14.9. The molecule has 2 heterocycles. The maximum absolute atomic E-state index is 14.1. The third kappa shape index (κ3) is 8.11. The Bertz CT molecular complexity index is 1960. The number of aliphatic hydroxyl groups is 1. The predicted molar refractivity (Wildman–Crippen MR) is 203 cm³/mol. The first-order chi connectivity index (χ1) is 25.3. The molecule has 2 aliphatic carbocycles. The average Bonchev–Trinajstić information content (AvgIpc) is 3.13. The molecule has 2 bridgehead atoms. The molecule has 5 atom stereocenters. The van der Waals surface area contributed by atoms with E-state index in [0.29, 0.717) is 42.5 Å². The number of aryl methyl sites for hydroxylation is 1. The van der Waals surface area contributed by atoms with Crippen LogP contribution in [0.4, 0.5) is 5.69 Å². The fourth-order valence-electron chi connectivity index (χ4n) is 8.18. The van der Waals surface area contributed by atoms with Crippen LogP contribution in [-0.4, -0.2) is 82.2 Å². The van der Waals surface area contributed by atoms with Gasteiger partial charge >= 0.3 is 0 Å². The van der Waals surface area contributed by atoms with Gasteiger partial charge in [0, 0.05) is 56.6 Å². The normalized spacial score (nSPS) is 27.2. The molecule has 2 N–H and O–H groups in total. The summed E-state index contributed by atoms with van der Waals surface area (Å²) < 4.78 is 40.7. The molecule has 1 aromatic heterocycles. The summed E-state index contributed by atoms with van der Waals surface area (Å²) in [4.78, 5) is 35.2. The van der Waals surface area contributed by atoms with Gasteiger partial charge in [-0.15, -0.1) is 0 Å². The molecule has 0 saturated heterocycles. The van der Waals surface area contributed by atoms with Crippen LogP contribution in [0.5, 0.6) is 5.75 Å². The van der Waals surface area contributed by atoms with Crippen LogP contribution in [0.2, 0.25) is 5.02 Å².